The molecule has 0 unspecified atom stereocenters. The molecular weight excluding hydrogens is 308 g/mol. The summed E-state index contributed by atoms with van der Waals surface area (Å²) in [6.07, 6.45) is -1.50. The van der Waals surface area contributed by atoms with Crippen LogP contribution in [-0.4, -0.2) is 28.3 Å². The van der Waals surface area contributed by atoms with E-state index in [1.807, 2.05) is 13.0 Å². The number of nitrogens with zero attached hydrogens (tertiary/aromatic N) is 1. The summed E-state index contributed by atoms with van der Waals surface area (Å²) in [7, 11) is 0. The minimum absolute atomic E-state index is 0.0285. The predicted octanol–water partition coefficient (Wildman–Crippen LogP) is 4.25. The van der Waals surface area contributed by atoms with Gasteiger partial charge in [0.05, 0.1) is 6.54 Å². The van der Waals surface area contributed by atoms with Crippen molar-refractivity contribution in [3.05, 3.63) is 29.3 Å². The van der Waals surface area contributed by atoms with E-state index >= 15 is 0 Å². The van der Waals surface area contributed by atoms with Crippen LogP contribution in [-0.2, 0) is 16.0 Å². The second-order valence-corrected chi connectivity index (χ2v) is 7.73. The Kier molecular flexibility index (Phi) is 5.87. The van der Waals surface area contributed by atoms with Gasteiger partial charge in [0.2, 0.25) is 0 Å². The van der Waals surface area contributed by atoms with Gasteiger partial charge in [-0.2, -0.15) is 0 Å². The first kappa shape index (κ1) is 19.8. The molecule has 24 heavy (non-hydrogen) atoms. The number of imide groups is 1. The fraction of sp³-hybridized carbons (Fsp3) is 0.556. The van der Waals surface area contributed by atoms with Crippen molar-refractivity contribution in [3.63, 3.8) is 0 Å². The molecule has 0 saturated heterocycles. The van der Waals surface area contributed by atoms with Crippen LogP contribution in [0.25, 0.3) is 0 Å². The molecule has 6 nitrogen and oxygen atoms in total. The summed E-state index contributed by atoms with van der Waals surface area (Å²) in [5.41, 5.74) is 6.60. The SMILES string of the molecule is Cc1ccc(N)cc1CN(C(=O)OC(C)(C)C)C(=O)OC(C)(C)C. The normalized spacial score (nSPS) is 11.8. The lowest BCUT2D eigenvalue weighted by Crippen LogP contribution is -2.43. The largest absolute Gasteiger partial charge is 0.443 e. The number of benzene rings is 1. The van der Waals surface area contributed by atoms with Crippen LogP contribution in [0.3, 0.4) is 0 Å². The van der Waals surface area contributed by atoms with Crippen LogP contribution in [0.5, 0.6) is 0 Å². The van der Waals surface area contributed by atoms with E-state index in [1.54, 1.807) is 53.7 Å². The smallest absolute Gasteiger partial charge is 0.420 e. The van der Waals surface area contributed by atoms with Crippen molar-refractivity contribution in [2.45, 2.75) is 66.2 Å². The van der Waals surface area contributed by atoms with Crippen LogP contribution in [0.4, 0.5) is 15.3 Å². The lowest BCUT2D eigenvalue weighted by Gasteiger charge is -2.29. The van der Waals surface area contributed by atoms with E-state index in [9.17, 15) is 9.59 Å². The summed E-state index contributed by atoms with van der Waals surface area (Å²) >= 11 is 0. The van der Waals surface area contributed by atoms with Gasteiger partial charge in [-0.05, 0) is 71.7 Å². The number of nitrogen functional groups attached to an aromatic ring is 1. The third kappa shape index (κ3) is 6.48. The van der Waals surface area contributed by atoms with Crippen molar-refractivity contribution in [1.29, 1.82) is 0 Å². The minimum Gasteiger partial charge on any atom is -0.443 e. The second kappa shape index (κ2) is 7.11. The van der Waals surface area contributed by atoms with Crippen LogP contribution < -0.4 is 5.73 Å². The first-order valence-electron chi connectivity index (χ1n) is 7.87. The molecule has 0 aromatic heterocycles. The van der Waals surface area contributed by atoms with Gasteiger partial charge in [0.15, 0.2) is 0 Å². The number of carbonyl (C=O) groups is 2. The molecule has 1 rings (SSSR count). The van der Waals surface area contributed by atoms with Crippen molar-refractivity contribution in [2.24, 2.45) is 0 Å². The van der Waals surface area contributed by atoms with E-state index < -0.39 is 23.4 Å². The number of hydrogen-bond acceptors (Lipinski definition) is 5. The van der Waals surface area contributed by atoms with Crippen molar-refractivity contribution in [3.8, 4) is 0 Å². The van der Waals surface area contributed by atoms with Crippen LogP contribution in [0.1, 0.15) is 52.7 Å². The molecule has 6 heteroatoms. The molecule has 2 amide bonds. The summed E-state index contributed by atoms with van der Waals surface area (Å²) in [6.45, 7) is 12.4. The standard InChI is InChI=1S/C18H28N2O4/c1-12-8-9-14(19)10-13(12)11-20(15(21)23-17(2,3)4)16(22)24-18(5,6)7/h8-10H,11,19H2,1-7H3. The average Bonchev–Trinajstić information content (AvgIpc) is 2.35. The molecule has 0 radical (unpaired) electrons. The highest BCUT2D eigenvalue weighted by Gasteiger charge is 2.31. The summed E-state index contributed by atoms with van der Waals surface area (Å²) in [4.78, 5) is 25.9. The van der Waals surface area contributed by atoms with Gasteiger partial charge in [-0.3, -0.25) is 0 Å². The molecule has 2 N–H and O–H groups in total. The Balaban J connectivity index is 3.10. The maximum absolute atomic E-state index is 12.5. The summed E-state index contributed by atoms with van der Waals surface area (Å²) in [5, 5.41) is 0. The number of amides is 2. The van der Waals surface area contributed by atoms with Crippen molar-refractivity contribution >= 4 is 17.9 Å². The van der Waals surface area contributed by atoms with Gasteiger partial charge >= 0.3 is 12.2 Å². The Morgan fingerprint density at radius 3 is 1.88 bits per heavy atom. The molecule has 0 bridgehead atoms. The van der Waals surface area contributed by atoms with E-state index in [1.165, 1.54) is 0 Å². The highest BCUT2D eigenvalue weighted by atomic mass is 16.6. The molecule has 0 fully saturated rings. The number of ether oxygens (including phenoxy) is 2. The molecule has 0 atom stereocenters. The Labute approximate surface area is 143 Å². The van der Waals surface area contributed by atoms with Gasteiger partial charge in [0, 0.05) is 5.69 Å². The highest BCUT2D eigenvalue weighted by Crippen LogP contribution is 2.20. The van der Waals surface area contributed by atoms with E-state index in [4.69, 9.17) is 15.2 Å². The zero-order valence-electron chi connectivity index (χ0n) is 15.6. The lowest BCUT2D eigenvalue weighted by atomic mass is 10.1. The van der Waals surface area contributed by atoms with E-state index in [-0.39, 0.29) is 6.54 Å². The molecule has 0 heterocycles. The number of aryl methyl sites for hydroxylation is 1. The number of hydrogen-bond donors (Lipinski definition) is 1. The number of anilines is 1. The summed E-state index contributed by atoms with van der Waals surface area (Å²) in [5.74, 6) is 0. The molecule has 0 spiro atoms. The molecule has 1 aromatic carbocycles. The van der Waals surface area contributed by atoms with Gasteiger partial charge in [-0.25, -0.2) is 14.5 Å². The second-order valence-electron chi connectivity index (χ2n) is 7.73. The quantitative estimate of drug-likeness (QED) is 0.816. The number of rotatable bonds is 2. The van der Waals surface area contributed by atoms with Crippen LogP contribution in [0, 0.1) is 6.92 Å². The van der Waals surface area contributed by atoms with Gasteiger partial charge < -0.3 is 15.2 Å². The minimum atomic E-state index is -0.751. The third-order valence-electron chi connectivity index (χ3n) is 2.93. The van der Waals surface area contributed by atoms with Gasteiger partial charge in [-0.15, -0.1) is 0 Å². The molecule has 134 valence electrons. The van der Waals surface area contributed by atoms with Gasteiger partial charge in [0.25, 0.3) is 0 Å². The Hall–Kier alpha value is -2.24. The molecular formula is C18H28N2O4. The van der Waals surface area contributed by atoms with Crippen molar-refractivity contribution in [1.82, 2.24) is 4.90 Å². The van der Waals surface area contributed by atoms with Crippen LogP contribution in [0.15, 0.2) is 18.2 Å². The Morgan fingerprint density at radius 1 is 1.00 bits per heavy atom. The van der Waals surface area contributed by atoms with Crippen LogP contribution >= 0.6 is 0 Å². The van der Waals surface area contributed by atoms with E-state index in [0.717, 1.165) is 16.0 Å². The first-order valence-corrected chi connectivity index (χ1v) is 7.87. The van der Waals surface area contributed by atoms with E-state index in [2.05, 4.69) is 0 Å². The molecule has 0 aliphatic heterocycles. The molecule has 1 aromatic rings. The molecule has 0 aliphatic rings. The zero-order valence-corrected chi connectivity index (χ0v) is 15.6. The van der Waals surface area contributed by atoms with Gasteiger partial charge in [-0.1, -0.05) is 6.07 Å². The predicted molar refractivity (Wildman–Crippen MR) is 93.6 cm³/mol. The molecule has 0 saturated carbocycles. The number of nitrogens with two attached hydrogens (primary N) is 1. The van der Waals surface area contributed by atoms with Crippen molar-refractivity contribution in [2.75, 3.05) is 5.73 Å². The maximum atomic E-state index is 12.5. The Morgan fingerprint density at radius 2 is 1.46 bits per heavy atom. The summed E-state index contributed by atoms with van der Waals surface area (Å²) in [6, 6.07) is 5.34. The fourth-order valence-corrected chi connectivity index (χ4v) is 1.87. The maximum Gasteiger partial charge on any atom is 0.420 e. The monoisotopic (exact) mass is 336 g/mol. The van der Waals surface area contributed by atoms with Crippen LogP contribution in [0.2, 0.25) is 0 Å². The molecule has 0 aliphatic carbocycles. The average molecular weight is 336 g/mol. The number of carbonyl (C=O) groups excluding carboxylic acids is 2. The van der Waals surface area contributed by atoms with E-state index in [0.29, 0.717) is 5.69 Å². The topological polar surface area (TPSA) is 81.9 Å². The third-order valence-corrected chi connectivity index (χ3v) is 2.93. The zero-order chi connectivity index (χ0) is 18.7. The lowest BCUT2D eigenvalue weighted by molar-refractivity contribution is -0.000263. The Bertz CT molecular complexity index is 584. The van der Waals surface area contributed by atoms with Crippen molar-refractivity contribution < 1.29 is 19.1 Å². The highest BCUT2D eigenvalue weighted by molar-refractivity contribution is 5.88. The first-order chi connectivity index (χ1) is 10.8. The van der Waals surface area contributed by atoms with Gasteiger partial charge in [0.1, 0.15) is 11.2 Å². The summed E-state index contributed by atoms with van der Waals surface area (Å²) < 4.78 is 10.7. The fourth-order valence-electron chi connectivity index (χ4n) is 1.87.